The van der Waals surface area contributed by atoms with Gasteiger partial charge in [-0.2, -0.15) is 0 Å². The average Bonchev–Trinajstić information content (AvgIpc) is 2.99. The molecule has 106 valence electrons. The zero-order chi connectivity index (χ0) is 14.3. The van der Waals surface area contributed by atoms with E-state index < -0.39 is 0 Å². The van der Waals surface area contributed by atoms with E-state index in [1.165, 1.54) is 35.1 Å². The van der Waals surface area contributed by atoms with Crippen molar-refractivity contribution in [3.63, 3.8) is 0 Å². The first-order valence-corrected chi connectivity index (χ1v) is 7.31. The molecule has 0 aliphatic heterocycles. The van der Waals surface area contributed by atoms with E-state index in [4.69, 9.17) is 5.73 Å². The van der Waals surface area contributed by atoms with Crippen LogP contribution in [0.1, 0.15) is 55.9 Å². The molecule has 19 heavy (non-hydrogen) atoms. The van der Waals surface area contributed by atoms with Gasteiger partial charge in [0.1, 0.15) is 0 Å². The van der Waals surface area contributed by atoms with Crippen LogP contribution in [0.5, 0.6) is 0 Å². The number of rotatable bonds is 4. The third kappa shape index (κ3) is 3.58. The molecule has 0 bridgehead atoms. The highest BCUT2D eigenvalue weighted by Crippen LogP contribution is 2.31. The maximum absolute atomic E-state index is 6.11. The van der Waals surface area contributed by atoms with Gasteiger partial charge in [-0.25, -0.2) is 0 Å². The van der Waals surface area contributed by atoms with Crippen LogP contribution in [-0.2, 0) is 12.0 Å². The minimum atomic E-state index is 0.0904. The quantitative estimate of drug-likeness (QED) is 0.872. The van der Waals surface area contributed by atoms with Gasteiger partial charge in [-0.05, 0) is 54.4 Å². The van der Waals surface area contributed by atoms with Crippen LogP contribution in [0.15, 0.2) is 12.1 Å². The Kier molecular flexibility index (Phi) is 3.76. The Balaban J connectivity index is 2.08. The number of hydrogen-bond acceptors (Lipinski definition) is 2. The van der Waals surface area contributed by atoms with Crippen LogP contribution in [0.4, 0.5) is 0 Å². The van der Waals surface area contributed by atoms with E-state index in [1.807, 2.05) is 0 Å². The first-order valence-electron chi connectivity index (χ1n) is 7.31. The molecule has 1 saturated carbocycles. The summed E-state index contributed by atoms with van der Waals surface area (Å²) in [6.45, 7) is 13.1. The van der Waals surface area contributed by atoms with Crippen LogP contribution in [0.25, 0.3) is 0 Å². The van der Waals surface area contributed by atoms with Gasteiger partial charge in [0.25, 0.3) is 0 Å². The van der Waals surface area contributed by atoms with Gasteiger partial charge in [0.15, 0.2) is 0 Å². The molecule has 0 unspecified atom stereocenters. The predicted octanol–water partition coefficient (Wildman–Crippen LogP) is 3.18. The number of aryl methyl sites for hydroxylation is 2. The van der Waals surface area contributed by atoms with Crippen LogP contribution >= 0.6 is 0 Å². The van der Waals surface area contributed by atoms with E-state index in [9.17, 15) is 0 Å². The smallest absolute Gasteiger partial charge is 0.0282 e. The van der Waals surface area contributed by atoms with E-state index in [0.29, 0.717) is 0 Å². The van der Waals surface area contributed by atoms with Gasteiger partial charge in [0.2, 0.25) is 0 Å². The molecule has 2 nitrogen and oxygen atoms in total. The topological polar surface area (TPSA) is 38.0 Å². The zero-order valence-corrected chi connectivity index (χ0v) is 13.1. The summed E-state index contributed by atoms with van der Waals surface area (Å²) >= 11 is 0. The fraction of sp³-hybridized carbons (Fsp3) is 0.647. The molecule has 0 atom stereocenters. The number of nitrogens with one attached hydrogen (secondary N) is 1. The molecule has 0 saturated heterocycles. The van der Waals surface area contributed by atoms with Crippen molar-refractivity contribution in [2.24, 2.45) is 5.73 Å². The first kappa shape index (κ1) is 14.5. The molecule has 0 heterocycles. The third-order valence-electron chi connectivity index (χ3n) is 4.23. The van der Waals surface area contributed by atoms with Gasteiger partial charge in [-0.3, -0.25) is 0 Å². The first-order chi connectivity index (χ1) is 8.71. The minimum Gasteiger partial charge on any atom is -0.324 e. The second kappa shape index (κ2) is 4.92. The van der Waals surface area contributed by atoms with Gasteiger partial charge in [-0.1, -0.05) is 32.9 Å². The molecule has 2 rings (SSSR count). The Labute approximate surface area is 117 Å². The lowest BCUT2D eigenvalue weighted by molar-refractivity contribution is 0.565. The van der Waals surface area contributed by atoms with Crippen molar-refractivity contribution in [3.05, 3.63) is 34.4 Å². The summed E-state index contributed by atoms with van der Waals surface area (Å²) < 4.78 is 0. The lowest BCUT2D eigenvalue weighted by Gasteiger charge is -2.22. The summed E-state index contributed by atoms with van der Waals surface area (Å²) in [5.74, 6) is 0. The Morgan fingerprint density at radius 3 is 2.11 bits per heavy atom. The van der Waals surface area contributed by atoms with E-state index in [0.717, 1.165) is 13.1 Å². The van der Waals surface area contributed by atoms with Gasteiger partial charge in [0.05, 0.1) is 0 Å². The summed E-state index contributed by atoms with van der Waals surface area (Å²) in [7, 11) is 0. The molecule has 1 aromatic rings. The highest BCUT2D eigenvalue weighted by atomic mass is 15.0. The van der Waals surface area contributed by atoms with Crippen LogP contribution in [-0.4, -0.2) is 12.1 Å². The van der Waals surface area contributed by atoms with E-state index in [1.54, 1.807) is 0 Å². The third-order valence-corrected chi connectivity index (χ3v) is 4.23. The lowest BCUT2D eigenvalue weighted by Crippen LogP contribution is -2.35. The highest BCUT2D eigenvalue weighted by Gasteiger charge is 2.37. The van der Waals surface area contributed by atoms with Crippen molar-refractivity contribution in [1.29, 1.82) is 0 Å². The Bertz CT molecular complexity index is 442. The van der Waals surface area contributed by atoms with Crippen molar-refractivity contribution in [2.75, 3.05) is 6.54 Å². The molecular weight excluding hydrogens is 232 g/mol. The maximum Gasteiger partial charge on any atom is 0.0282 e. The average molecular weight is 260 g/mol. The van der Waals surface area contributed by atoms with Gasteiger partial charge < -0.3 is 11.1 Å². The molecule has 2 heteroatoms. The fourth-order valence-electron chi connectivity index (χ4n) is 2.48. The summed E-state index contributed by atoms with van der Waals surface area (Å²) in [5.41, 5.74) is 12.0. The highest BCUT2D eigenvalue weighted by molar-refractivity contribution is 5.40. The van der Waals surface area contributed by atoms with Gasteiger partial charge >= 0.3 is 0 Å². The normalized spacial score (nSPS) is 17.6. The second-order valence-electron chi connectivity index (χ2n) is 7.30. The molecule has 3 N–H and O–H groups in total. The van der Waals surface area contributed by atoms with E-state index in [2.05, 4.69) is 52.1 Å². The Hall–Kier alpha value is -0.860. The molecule has 1 aromatic carbocycles. The summed E-state index contributed by atoms with van der Waals surface area (Å²) in [4.78, 5) is 0. The van der Waals surface area contributed by atoms with E-state index >= 15 is 0 Å². The zero-order valence-electron chi connectivity index (χ0n) is 13.1. The van der Waals surface area contributed by atoms with Crippen LogP contribution in [0, 0.1) is 13.8 Å². The lowest BCUT2D eigenvalue weighted by atomic mass is 9.84. The molecule has 0 amide bonds. The maximum atomic E-state index is 6.11. The van der Waals surface area contributed by atoms with Crippen molar-refractivity contribution in [1.82, 2.24) is 5.32 Å². The molecule has 0 spiro atoms. The SMILES string of the molecule is Cc1cc(C(C)(C)C)cc(C)c1CNCC1(N)CC1. The van der Waals surface area contributed by atoms with Crippen LogP contribution in [0.3, 0.4) is 0 Å². The largest absolute Gasteiger partial charge is 0.324 e. The molecule has 0 radical (unpaired) electrons. The molecule has 0 aromatic heterocycles. The second-order valence-corrected chi connectivity index (χ2v) is 7.30. The van der Waals surface area contributed by atoms with Crippen LogP contribution in [0.2, 0.25) is 0 Å². The van der Waals surface area contributed by atoms with Crippen molar-refractivity contribution in [2.45, 2.75) is 65.0 Å². The van der Waals surface area contributed by atoms with E-state index in [-0.39, 0.29) is 11.0 Å². The predicted molar refractivity (Wildman–Crippen MR) is 82.5 cm³/mol. The molecule has 1 fully saturated rings. The van der Waals surface area contributed by atoms with Crippen molar-refractivity contribution >= 4 is 0 Å². The standard InChI is InChI=1S/C17H28N2/c1-12-8-14(16(3,4)5)9-13(2)15(12)10-19-11-17(18)6-7-17/h8-9,19H,6-7,10-11,18H2,1-5H3. The summed E-state index contributed by atoms with van der Waals surface area (Å²) in [5, 5.41) is 3.52. The number of nitrogens with two attached hydrogens (primary N) is 1. The van der Waals surface area contributed by atoms with Gasteiger partial charge in [0, 0.05) is 18.6 Å². The fourth-order valence-corrected chi connectivity index (χ4v) is 2.48. The molecule has 1 aliphatic carbocycles. The Morgan fingerprint density at radius 1 is 1.16 bits per heavy atom. The minimum absolute atomic E-state index is 0.0904. The van der Waals surface area contributed by atoms with Crippen molar-refractivity contribution in [3.8, 4) is 0 Å². The molecule has 1 aliphatic rings. The van der Waals surface area contributed by atoms with Crippen molar-refractivity contribution < 1.29 is 0 Å². The Morgan fingerprint density at radius 2 is 1.68 bits per heavy atom. The summed E-state index contributed by atoms with van der Waals surface area (Å²) in [6.07, 6.45) is 2.34. The monoisotopic (exact) mass is 260 g/mol. The van der Waals surface area contributed by atoms with Crippen LogP contribution < -0.4 is 11.1 Å². The molecular formula is C17H28N2. The van der Waals surface area contributed by atoms with Gasteiger partial charge in [-0.15, -0.1) is 0 Å². The number of benzene rings is 1. The number of hydrogen-bond donors (Lipinski definition) is 2. The summed E-state index contributed by atoms with van der Waals surface area (Å²) in [6, 6.07) is 4.67.